The van der Waals surface area contributed by atoms with Gasteiger partial charge in [-0.25, -0.2) is 0 Å². The zero-order valence-electron chi connectivity index (χ0n) is 10.8. The number of nitrogens with two attached hydrogens (primary N) is 1. The fraction of sp³-hybridized carbons (Fsp3) is 0.231. The van der Waals surface area contributed by atoms with Gasteiger partial charge in [0.15, 0.2) is 3.95 Å². The molecule has 0 saturated carbocycles. The predicted octanol–water partition coefficient (Wildman–Crippen LogP) is 3.44. The van der Waals surface area contributed by atoms with E-state index < -0.39 is 0 Å². The van der Waals surface area contributed by atoms with Crippen LogP contribution in [0.25, 0.3) is 0 Å². The van der Waals surface area contributed by atoms with Crippen molar-refractivity contribution in [3.05, 3.63) is 38.7 Å². The number of benzene rings is 1. The molecule has 0 aliphatic carbocycles. The number of thiazole rings is 1. The lowest BCUT2D eigenvalue weighted by atomic mass is 10.2. The van der Waals surface area contributed by atoms with Gasteiger partial charge >= 0.3 is 0 Å². The van der Waals surface area contributed by atoms with Crippen LogP contribution in [0, 0.1) is 10.9 Å². The van der Waals surface area contributed by atoms with Crippen LogP contribution in [-0.4, -0.2) is 10.5 Å². The third-order valence-electron chi connectivity index (χ3n) is 2.77. The Labute approximate surface area is 120 Å². The number of nitrogen functional groups attached to an aromatic ring is 1. The number of nitrogens with one attached hydrogen (secondary N) is 1. The van der Waals surface area contributed by atoms with Crippen LogP contribution in [0.3, 0.4) is 0 Å². The first kappa shape index (κ1) is 13.8. The van der Waals surface area contributed by atoms with Crippen molar-refractivity contribution < 1.29 is 4.79 Å². The quantitative estimate of drug-likeness (QED) is 0.852. The minimum Gasteiger partial charge on any atom is -0.384 e. The molecule has 0 saturated heterocycles. The van der Waals surface area contributed by atoms with Crippen molar-refractivity contribution in [3.63, 3.8) is 0 Å². The second-order valence-corrected chi connectivity index (χ2v) is 5.79. The van der Waals surface area contributed by atoms with Crippen molar-refractivity contribution in [2.24, 2.45) is 0 Å². The molecule has 0 spiro atoms. The first-order valence-corrected chi connectivity index (χ1v) is 7.12. The van der Waals surface area contributed by atoms with Gasteiger partial charge in [0, 0.05) is 12.2 Å². The molecule has 0 fully saturated rings. The highest BCUT2D eigenvalue weighted by Gasteiger charge is 2.16. The maximum atomic E-state index is 12.2. The molecule has 0 radical (unpaired) electrons. The number of hydrogen-bond donors (Lipinski definition) is 2. The molecule has 0 atom stereocenters. The second-order valence-electron chi connectivity index (χ2n) is 4.15. The van der Waals surface area contributed by atoms with Crippen LogP contribution >= 0.6 is 23.6 Å². The van der Waals surface area contributed by atoms with Crippen LogP contribution in [0.2, 0.25) is 0 Å². The number of hydrogen-bond acceptors (Lipinski definition) is 4. The van der Waals surface area contributed by atoms with Gasteiger partial charge in [-0.1, -0.05) is 29.0 Å². The van der Waals surface area contributed by atoms with Crippen LogP contribution < -0.4 is 11.1 Å². The maximum Gasteiger partial charge on any atom is 0.269 e. The fourth-order valence-corrected chi connectivity index (χ4v) is 3.05. The predicted molar refractivity (Wildman–Crippen MR) is 82.4 cm³/mol. The molecule has 6 heteroatoms. The molecular formula is C13H15N3OS2. The monoisotopic (exact) mass is 293 g/mol. The highest BCUT2D eigenvalue weighted by atomic mass is 32.1. The lowest BCUT2D eigenvalue weighted by Crippen LogP contribution is -2.13. The normalized spacial score (nSPS) is 10.4. The summed E-state index contributed by atoms with van der Waals surface area (Å²) in [6, 6.07) is 7.61. The molecule has 2 rings (SSSR count). The number of anilines is 2. The van der Waals surface area contributed by atoms with E-state index >= 15 is 0 Å². The van der Waals surface area contributed by atoms with E-state index in [0.717, 1.165) is 11.3 Å². The van der Waals surface area contributed by atoms with Gasteiger partial charge < -0.3 is 15.6 Å². The van der Waals surface area contributed by atoms with Crippen LogP contribution in [0.15, 0.2) is 24.3 Å². The van der Waals surface area contributed by atoms with Crippen molar-refractivity contribution in [2.45, 2.75) is 20.4 Å². The number of aromatic nitrogens is 1. The number of nitrogens with zero attached hydrogens (tertiary/aromatic N) is 1. The Morgan fingerprint density at radius 3 is 2.58 bits per heavy atom. The van der Waals surface area contributed by atoms with Crippen LogP contribution in [0.4, 0.5) is 11.5 Å². The number of carbonyl (C=O) groups is 1. The summed E-state index contributed by atoms with van der Waals surface area (Å²) in [7, 11) is 0. The van der Waals surface area contributed by atoms with Crippen molar-refractivity contribution in [3.8, 4) is 0 Å². The lowest BCUT2D eigenvalue weighted by Gasteiger charge is -2.05. The van der Waals surface area contributed by atoms with E-state index in [1.54, 1.807) is 4.57 Å². The Hall–Kier alpha value is -1.66. The summed E-state index contributed by atoms with van der Waals surface area (Å²) in [5, 5.41) is 2.82. The van der Waals surface area contributed by atoms with Crippen LogP contribution in [0.5, 0.6) is 0 Å². The van der Waals surface area contributed by atoms with E-state index in [1.807, 2.05) is 38.1 Å². The smallest absolute Gasteiger partial charge is 0.269 e. The Kier molecular flexibility index (Phi) is 4.01. The molecule has 0 bridgehead atoms. The van der Waals surface area contributed by atoms with Gasteiger partial charge in [-0.2, -0.15) is 0 Å². The van der Waals surface area contributed by atoms with E-state index in [1.165, 1.54) is 11.3 Å². The van der Waals surface area contributed by atoms with E-state index in [4.69, 9.17) is 18.0 Å². The Bertz CT molecular complexity index is 656. The summed E-state index contributed by atoms with van der Waals surface area (Å²) in [4.78, 5) is 12.6. The minimum atomic E-state index is -0.218. The molecule has 3 N–H and O–H groups in total. The largest absolute Gasteiger partial charge is 0.384 e. The van der Waals surface area contributed by atoms with Gasteiger partial charge in [0.2, 0.25) is 0 Å². The third-order valence-corrected chi connectivity index (χ3v) is 4.23. The van der Waals surface area contributed by atoms with Crippen LogP contribution in [0.1, 0.15) is 22.2 Å². The second kappa shape index (κ2) is 5.54. The summed E-state index contributed by atoms with van der Waals surface area (Å²) in [6.07, 6.45) is 0. The molecule has 1 heterocycles. The number of aryl methyl sites for hydroxylation is 1. The average Bonchev–Trinajstić information content (AvgIpc) is 2.67. The zero-order valence-corrected chi connectivity index (χ0v) is 12.4. The van der Waals surface area contributed by atoms with Gasteiger partial charge in [-0.05, 0) is 38.2 Å². The van der Waals surface area contributed by atoms with E-state index in [2.05, 4.69) is 5.32 Å². The van der Waals surface area contributed by atoms with Crippen LogP contribution in [-0.2, 0) is 6.54 Å². The van der Waals surface area contributed by atoms with E-state index in [-0.39, 0.29) is 5.91 Å². The van der Waals surface area contributed by atoms with E-state index in [0.29, 0.717) is 21.2 Å². The zero-order chi connectivity index (χ0) is 14.0. The first-order valence-electron chi connectivity index (χ1n) is 5.90. The highest BCUT2D eigenvalue weighted by molar-refractivity contribution is 7.73. The minimum absolute atomic E-state index is 0.218. The molecule has 4 nitrogen and oxygen atoms in total. The number of amides is 1. The molecule has 1 aromatic heterocycles. The van der Waals surface area contributed by atoms with Gasteiger partial charge in [-0.15, -0.1) is 0 Å². The maximum absolute atomic E-state index is 12.2. The Balaban J connectivity index is 2.25. The van der Waals surface area contributed by atoms with Gasteiger partial charge in [0.05, 0.1) is 0 Å². The standard InChI is InChI=1S/C13H15N3OS2/c1-3-16-11(14)10(19-13(16)18)12(17)15-9-6-4-8(2)5-7-9/h4-7H,3,14H2,1-2H3,(H,15,17). The topological polar surface area (TPSA) is 60.0 Å². The summed E-state index contributed by atoms with van der Waals surface area (Å²) >= 11 is 6.42. The summed E-state index contributed by atoms with van der Waals surface area (Å²) in [6.45, 7) is 4.61. The Morgan fingerprint density at radius 2 is 2.05 bits per heavy atom. The molecule has 1 aromatic carbocycles. The molecule has 0 aliphatic heterocycles. The average molecular weight is 293 g/mol. The molecule has 1 amide bonds. The summed E-state index contributed by atoms with van der Waals surface area (Å²) < 4.78 is 2.37. The summed E-state index contributed by atoms with van der Waals surface area (Å²) in [5.41, 5.74) is 7.83. The van der Waals surface area contributed by atoms with Crippen molar-refractivity contribution in [1.29, 1.82) is 0 Å². The van der Waals surface area contributed by atoms with E-state index in [9.17, 15) is 4.79 Å². The van der Waals surface area contributed by atoms with Gasteiger partial charge in [-0.3, -0.25) is 4.79 Å². The number of carbonyl (C=O) groups excluding carboxylic acids is 1. The van der Waals surface area contributed by atoms with Crippen molar-refractivity contribution in [1.82, 2.24) is 4.57 Å². The molecule has 19 heavy (non-hydrogen) atoms. The molecule has 0 unspecified atom stereocenters. The first-order chi connectivity index (χ1) is 9.02. The third kappa shape index (κ3) is 2.85. The number of rotatable bonds is 3. The summed E-state index contributed by atoms with van der Waals surface area (Å²) in [5.74, 6) is 0.215. The lowest BCUT2D eigenvalue weighted by molar-refractivity contribution is 0.103. The van der Waals surface area contributed by atoms with Crippen molar-refractivity contribution >= 4 is 41.0 Å². The van der Waals surface area contributed by atoms with Crippen molar-refractivity contribution in [2.75, 3.05) is 11.1 Å². The fourth-order valence-electron chi connectivity index (χ4n) is 1.70. The molecule has 0 aliphatic rings. The SMILES string of the molecule is CCn1c(N)c(C(=O)Nc2ccc(C)cc2)sc1=S. The van der Waals surface area contributed by atoms with Gasteiger partial charge in [0.25, 0.3) is 5.91 Å². The highest BCUT2D eigenvalue weighted by Crippen LogP contribution is 2.23. The van der Waals surface area contributed by atoms with Gasteiger partial charge in [0.1, 0.15) is 10.7 Å². The molecule has 100 valence electrons. The molecular weight excluding hydrogens is 278 g/mol. The molecule has 2 aromatic rings. The Morgan fingerprint density at radius 1 is 1.42 bits per heavy atom.